The number of rotatable bonds is 2. The molecule has 7 heteroatoms. The maximum Gasteiger partial charge on any atom is 0.451 e. The molecule has 3 heterocycles. The fourth-order valence-corrected chi connectivity index (χ4v) is 2.35. The van der Waals surface area contributed by atoms with E-state index >= 15 is 0 Å². The summed E-state index contributed by atoms with van der Waals surface area (Å²) < 4.78 is 38.0. The average Bonchev–Trinajstić information content (AvgIpc) is 2.46. The Morgan fingerprint density at radius 3 is 2.76 bits per heavy atom. The second-order valence-electron chi connectivity index (χ2n) is 4.95. The molecule has 0 fully saturated rings. The van der Waals surface area contributed by atoms with Gasteiger partial charge >= 0.3 is 6.18 Å². The fourth-order valence-electron chi connectivity index (χ4n) is 2.35. The van der Waals surface area contributed by atoms with Gasteiger partial charge in [0.05, 0.1) is 11.4 Å². The normalized spacial score (nSPS) is 15.8. The summed E-state index contributed by atoms with van der Waals surface area (Å²) in [6.45, 7) is 1.75. The van der Waals surface area contributed by atoms with Gasteiger partial charge in [0.2, 0.25) is 5.82 Å². The third-order valence-electron chi connectivity index (χ3n) is 3.39. The highest BCUT2D eigenvalue weighted by Gasteiger charge is 2.35. The van der Waals surface area contributed by atoms with Gasteiger partial charge in [0.15, 0.2) is 0 Å². The molecule has 0 aliphatic carbocycles. The maximum atomic E-state index is 12.7. The first kappa shape index (κ1) is 13.9. The molecule has 0 atom stereocenters. The van der Waals surface area contributed by atoms with Crippen LogP contribution in [-0.2, 0) is 25.7 Å². The highest BCUT2D eigenvalue weighted by molar-refractivity contribution is 5.21. The van der Waals surface area contributed by atoms with Gasteiger partial charge in [-0.3, -0.25) is 9.88 Å². The predicted molar refractivity (Wildman–Crippen MR) is 69.1 cm³/mol. The van der Waals surface area contributed by atoms with E-state index in [-0.39, 0.29) is 0 Å². The molecular formula is C14H13F3N4. The summed E-state index contributed by atoms with van der Waals surface area (Å²) >= 11 is 0. The monoisotopic (exact) mass is 294 g/mol. The van der Waals surface area contributed by atoms with E-state index in [1.807, 2.05) is 23.1 Å². The summed E-state index contributed by atoms with van der Waals surface area (Å²) in [5, 5.41) is 0. The Bertz CT molecular complexity index is 628. The number of nitrogens with zero attached hydrogens (tertiary/aromatic N) is 4. The van der Waals surface area contributed by atoms with E-state index in [4.69, 9.17) is 0 Å². The minimum absolute atomic E-state index is 0.386. The third kappa shape index (κ3) is 3.18. The fraction of sp³-hybridized carbons (Fsp3) is 0.357. The van der Waals surface area contributed by atoms with Crippen LogP contribution in [0, 0.1) is 0 Å². The van der Waals surface area contributed by atoms with Crippen LogP contribution in [0.1, 0.15) is 22.8 Å². The van der Waals surface area contributed by atoms with Crippen molar-refractivity contribution in [1.82, 2.24) is 19.9 Å². The van der Waals surface area contributed by atoms with Crippen LogP contribution in [-0.4, -0.2) is 26.4 Å². The standard InChI is InChI=1S/C14H13F3N4/c15-14(16,17)13-19-7-10-4-6-21(9-12(10)20-13)8-11-3-1-2-5-18-11/h1-3,5,7H,4,6,8-9H2. The van der Waals surface area contributed by atoms with E-state index in [0.717, 1.165) is 17.8 Å². The number of aromatic nitrogens is 3. The minimum atomic E-state index is -4.50. The molecule has 4 nitrogen and oxygen atoms in total. The molecule has 0 N–H and O–H groups in total. The van der Waals surface area contributed by atoms with E-state index in [2.05, 4.69) is 15.0 Å². The molecule has 0 unspecified atom stereocenters. The van der Waals surface area contributed by atoms with Crippen molar-refractivity contribution in [2.24, 2.45) is 0 Å². The Labute approximate surface area is 119 Å². The van der Waals surface area contributed by atoms with Gasteiger partial charge in [-0.2, -0.15) is 13.2 Å². The number of alkyl halides is 3. The Hall–Kier alpha value is -2.02. The second kappa shape index (κ2) is 5.40. The van der Waals surface area contributed by atoms with Gasteiger partial charge in [0.25, 0.3) is 0 Å². The molecule has 1 aliphatic rings. The highest BCUT2D eigenvalue weighted by atomic mass is 19.4. The maximum absolute atomic E-state index is 12.7. The zero-order chi connectivity index (χ0) is 14.9. The molecule has 21 heavy (non-hydrogen) atoms. The molecule has 2 aromatic heterocycles. The van der Waals surface area contributed by atoms with Crippen LogP contribution in [0.4, 0.5) is 13.2 Å². The smallest absolute Gasteiger partial charge is 0.291 e. The average molecular weight is 294 g/mol. The largest absolute Gasteiger partial charge is 0.451 e. The van der Waals surface area contributed by atoms with Crippen LogP contribution in [0.5, 0.6) is 0 Å². The molecule has 0 bridgehead atoms. The lowest BCUT2D eigenvalue weighted by Crippen LogP contribution is -2.32. The zero-order valence-electron chi connectivity index (χ0n) is 11.1. The molecule has 0 aromatic carbocycles. The van der Waals surface area contributed by atoms with Crippen LogP contribution < -0.4 is 0 Å². The minimum Gasteiger partial charge on any atom is -0.291 e. The van der Waals surface area contributed by atoms with E-state index in [1.54, 1.807) is 6.20 Å². The van der Waals surface area contributed by atoms with Gasteiger partial charge in [0.1, 0.15) is 0 Å². The van der Waals surface area contributed by atoms with Crippen molar-refractivity contribution in [3.63, 3.8) is 0 Å². The molecule has 0 saturated carbocycles. The summed E-state index contributed by atoms with van der Waals surface area (Å²) in [6, 6.07) is 5.62. The number of pyridine rings is 1. The van der Waals surface area contributed by atoms with Gasteiger partial charge < -0.3 is 0 Å². The Balaban J connectivity index is 1.78. The summed E-state index contributed by atoms with van der Waals surface area (Å²) in [5.41, 5.74) is 2.14. The van der Waals surface area contributed by atoms with E-state index in [9.17, 15) is 13.2 Å². The lowest BCUT2D eigenvalue weighted by Gasteiger charge is -2.27. The van der Waals surface area contributed by atoms with Crippen molar-refractivity contribution >= 4 is 0 Å². The molecule has 0 radical (unpaired) electrons. The zero-order valence-corrected chi connectivity index (χ0v) is 11.1. The van der Waals surface area contributed by atoms with Gasteiger partial charge in [-0.1, -0.05) is 6.07 Å². The van der Waals surface area contributed by atoms with Crippen LogP contribution in [0.2, 0.25) is 0 Å². The summed E-state index contributed by atoms with van der Waals surface area (Å²) in [5.74, 6) is -1.07. The van der Waals surface area contributed by atoms with Crippen molar-refractivity contribution in [2.75, 3.05) is 6.54 Å². The summed E-state index contributed by atoms with van der Waals surface area (Å²) in [7, 11) is 0. The number of hydrogen-bond acceptors (Lipinski definition) is 4. The van der Waals surface area contributed by atoms with Crippen LogP contribution in [0.15, 0.2) is 30.6 Å². The van der Waals surface area contributed by atoms with Crippen molar-refractivity contribution in [3.05, 3.63) is 53.4 Å². The lowest BCUT2D eigenvalue weighted by atomic mass is 10.1. The quantitative estimate of drug-likeness (QED) is 0.853. The van der Waals surface area contributed by atoms with Crippen LogP contribution >= 0.6 is 0 Å². The molecule has 0 spiro atoms. The molecular weight excluding hydrogens is 281 g/mol. The van der Waals surface area contributed by atoms with Crippen molar-refractivity contribution in [1.29, 1.82) is 0 Å². The molecule has 0 saturated heterocycles. The van der Waals surface area contributed by atoms with Gasteiger partial charge in [-0.25, -0.2) is 9.97 Å². The number of hydrogen-bond donors (Lipinski definition) is 0. The first-order valence-corrected chi connectivity index (χ1v) is 6.56. The highest BCUT2D eigenvalue weighted by Crippen LogP contribution is 2.27. The van der Waals surface area contributed by atoms with Crippen molar-refractivity contribution in [3.8, 4) is 0 Å². The van der Waals surface area contributed by atoms with E-state index < -0.39 is 12.0 Å². The van der Waals surface area contributed by atoms with Gasteiger partial charge in [-0.15, -0.1) is 0 Å². The van der Waals surface area contributed by atoms with E-state index in [0.29, 0.717) is 25.2 Å². The van der Waals surface area contributed by atoms with Gasteiger partial charge in [0, 0.05) is 32.0 Å². The van der Waals surface area contributed by atoms with Crippen LogP contribution in [0.25, 0.3) is 0 Å². The second-order valence-corrected chi connectivity index (χ2v) is 4.95. The summed E-state index contributed by atoms with van der Waals surface area (Å²) in [4.78, 5) is 13.4. The SMILES string of the molecule is FC(F)(F)c1ncc2c(n1)CN(Cc1ccccn1)CC2. The predicted octanol–water partition coefficient (Wildman–Crippen LogP) is 2.45. The number of fused-ring (bicyclic) bond motifs is 1. The Kier molecular flexibility index (Phi) is 3.59. The third-order valence-corrected chi connectivity index (χ3v) is 3.39. The number of halogens is 3. The lowest BCUT2D eigenvalue weighted by molar-refractivity contribution is -0.145. The molecule has 0 amide bonds. The Morgan fingerprint density at radius 1 is 1.19 bits per heavy atom. The van der Waals surface area contributed by atoms with E-state index in [1.165, 1.54) is 6.20 Å². The molecule has 2 aromatic rings. The summed E-state index contributed by atoms with van der Waals surface area (Å²) in [6.07, 6.45) is -0.848. The van der Waals surface area contributed by atoms with Gasteiger partial charge in [-0.05, 0) is 24.1 Å². The van der Waals surface area contributed by atoms with Crippen molar-refractivity contribution < 1.29 is 13.2 Å². The molecule has 1 aliphatic heterocycles. The molecule has 3 rings (SSSR count). The van der Waals surface area contributed by atoms with Crippen LogP contribution in [0.3, 0.4) is 0 Å². The molecule has 110 valence electrons. The topological polar surface area (TPSA) is 41.9 Å². The first-order valence-electron chi connectivity index (χ1n) is 6.56. The Morgan fingerprint density at radius 2 is 2.05 bits per heavy atom. The first-order chi connectivity index (χ1) is 10.0. The van der Waals surface area contributed by atoms with Crippen molar-refractivity contribution in [2.45, 2.75) is 25.7 Å².